The lowest BCUT2D eigenvalue weighted by atomic mass is 10.1. The third-order valence-corrected chi connectivity index (χ3v) is 3.37. The zero-order valence-electron chi connectivity index (χ0n) is 10.8. The van der Waals surface area contributed by atoms with Crippen molar-refractivity contribution in [3.8, 4) is 11.3 Å². The molecule has 0 unspecified atom stereocenters. The average Bonchev–Trinajstić information content (AvgIpc) is 2.96. The first-order valence-corrected chi connectivity index (χ1v) is 5.93. The highest BCUT2D eigenvalue weighted by Gasteiger charge is 2.17. The maximum absolute atomic E-state index is 14.1. The van der Waals surface area contributed by atoms with Crippen LogP contribution in [0.1, 0.15) is 16.2 Å². The van der Waals surface area contributed by atoms with Crippen LogP contribution in [0.4, 0.5) is 4.39 Å². The summed E-state index contributed by atoms with van der Waals surface area (Å²) in [5, 5.41) is 13.0. The van der Waals surface area contributed by atoms with Crippen molar-refractivity contribution in [2.75, 3.05) is 0 Å². The van der Waals surface area contributed by atoms with Gasteiger partial charge < -0.3 is 14.2 Å². The van der Waals surface area contributed by atoms with Crippen LogP contribution >= 0.6 is 0 Å². The van der Waals surface area contributed by atoms with Crippen LogP contribution in [-0.2, 0) is 7.05 Å². The Bertz CT molecular complexity index is 832. The highest BCUT2D eigenvalue weighted by molar-refractivity contribution is 5.88. The maximum atomic E-state index is 14.1. The normalized spacial score (nSPS) is 11.2. The van der Waals surface area contributed by atoms with Gasteiger partial charge >= 0.3 is 5.97 Å². The number of nitrogens with zero attached hydrogens (tertiary/aromatic N) is 2. The van der Waals surface area contributed by atoms with E-state index in [0.29, 0.717) is 0 Å². The Morgan fingerprint density at radius 1 is 1.35 bits per heavy atom. The van der Waals surface area contributed by atoms with E-state index in [1.165, 1.54) is 12.1 Å². The predicted molar refractivity (Wildman–Crippen MR) is 70.1 cm³/mol. The summed E-state index contributed by atoms with van der Waals surface area (Å²) in [5.41, 5.74) is 1.79. The van der Waals surface area contributed by atoms with E-state index in [-0.39, 0.29) is 17.0 Å². The fraction of sp³-hybridized carbons (Fsp3) is 0.143. The molecule has 2 heterocycles. The summed E-state index contributed by atoms with van der Waals surface area (Å²) in [4.78, 5) is 10.8. The van der Waals surface area contributed by atoms with Gasteiger partial charge in [0.1, 0.15) is 5.82 Å². The van der Waals surface area contributed by atoms with Crippen molar-refractivity contribution in [2.45, 2.75) is 6.92 Å². The molecule has 6 heteroatoms. The molecule has 102 valence electrons. The van der Waals surface area contributed by atoms with E-state index in [0.717, 1.165) is 16.6 Å². The first kappa shape index (κ1) is 12.4. The summed E-state index contributed by atoms with van der Waals surface area (Å²) in [6.45, 7) is 1.93. The smallest absolute Gasteiger partial charge is 0.358 e. The highest BCUT2D eigenvalue weighted by Crippen LogP contribution is 2.29. The molecule has 20 heavy (non-hydrogen) atoms. The number of aromatic carboxylic acids is 1. The second-order valence-corrected chi connectivity index (χ2v) is 4.62. The molecule has 0 saturated carbocycles. The number of carboxylic acid groups (broad SMARTS) is 1. The first-order chi connectivity index (χ1) is 9.47. The maximum Gasteiger partial charge on any atom is 0.358 e. The fourth-order valence-corrected chi connectivity index (χ4v) is 2.19. The largest absolute Gasteiger partial charge is 0.476 e. The van der Waals surface area contributed by atoms with Crippen LogP contribution in [0, 0.1) is 12.7 Å². The van der Waals surface area contributed by atoms with Gasteiger partial charge in [0, 0.05) is 29.7 Å². The van der Waals surface area contributed by atoms with Crippen molar-refractivity contribution >= 4 is 16.9 Å². The monoisotopic (exact) mass is 274 g/mol. The molecule has 3 rings (SSSR count). The van der Waals surface area contributed by atoms with E-state index in [9.17, 15) is 9.18 Å². The quantitative estimate of drug-likeness (QED) is 0.780. The molecule has 1 aromatic carbocycles. The Labute approximate surface area is 113 Å². The summed E-state index contributed by atoms with van der Waals surface area (Å²) in [6.07, 6.45) is 0. The number of aryl methyl sites for hydroxylation is 2. The SMILES string of the molecule is Cc1cc2cc(F)c(-c3cc(C(=O)O)no3)cc2n1C. The van der Waals surface area contributed by atoms with Crippen LogP contribution in [0.2, 0.25) is 0 Å². The van der Waals surface area contributed by atoms with Gasteiger partial charge in [0.2, 0.25) is 0 Å². The van der Waals surface area contributed by atoms with E-state index < -0.39 is 11.8 Å². The zero-order chi connectivity index (χ0) is 14.4. The van der Waals surface area contributed by atoms with Crippen molar-refractivity contribution in [3.05, 3.63) is 41.5 Å². The van der Waals surface area contributed by atoms with E-state index in [4.69, 9.17) is 9.63 Å². The zero-order valence-corrected chi connectivity index (χ0v) is 10.8. The number of hydrogen-bond acceptors (Lipinski definition) is 3. The standard InChI is InChI=1S/C14H11FN2O3/c1-7-3-8-4-10(15)9(5-12(8)17(7)2)13-6-11(14(18)19)16-20-13/h3-6H,1-2H3,(H,18,19). The molecule has 3 aromatic rings. The van der Waals surface area contributed by atoms with Crippen molar-refractivity contribution in [1.29, 1.82) is 0 Å². The van der Waals surface area contributed by atoms with Crippen LogP contribution < -0.4 is 0 Å². The number of benzene rings is 1. The van der Waals surface area contributed by atoms with Gasteiger partial charge in [-0.05, 0) is 25.1 Å². The summed E-state index contributed by atoms with van der Waals surface area (Å²) in [6, 6.07) is 6.12. The molecule has 2 aromatic heterocycles. The molecule has 0 aliphatic rings. The molecule has 0 radical (unpaired) electrons. The van der Waals surface area contributed by atoms with Gasteiger partial charge in [0.25, 0.3) is 0 Å². The average molecular weight is 274 g/mol. The minimum absolute atomic E-state index is 0.0978. The number of carboxylic acids is 1. The van der Waals surface area contributed by atoms with Crippen LogP contribution in [0.5, 0.6) is 0 Å². The molecule has 0 spiro atoms. The van der Waals surface area contributed by atoms with Crippen molar-refractivity contribution in [1.82, 2.24) is 9.72 Å². The summed E-state index contributed by atoms with van der Waals surface area (Å²) in [7, 11) is 1.88. The van der Waals surface area contributed by atoms with Crippen molar-refractivity contribution < 1.29 is 18.8 Å². The Balaban J connectivity index is 2.21. The summed E-state index contributed by atoms with van der Waals surface area (Å²) >= 11 is 0. The lowest BCUT2D eigenvalue weighted by molar-refractivity contribution is 0.0686. The van der Waals surface area contributed by atoms with Crippen molar-refractivity contribution in [3.63, 3.8) is 0 Å². The molecule has 1 N–H and O–H groups in total. The molecule has 0 bridgehead atoms. The van der Waals surface area contributed by atoms with E-state index >= 15 is 0 Å². The van der Waals surface area contributed by atoms with Gasteiger partial charge in [0.15, 0.2) is 11.5 Å². The number of aromatic nitrogens is 2. The molecular formula is C14H11FN2O3. The van der Waals surface area contributed by atoms with E-state index in [1.807, 2.05) is 24.6 Å². The molecule has 0 aliphatic carbocycles. The molecule has 0 fully saturated rings. The molecule has 0 aliphatic heterocycles. The number of rotatable bonds is 2. The number of fused-ring (bicyclic) bond motifs is 1. The van der Waals surface area contributed by atoms with E-state index in [1.54, 1.807) is 6.07 Å². The Kier molecular flexibility index (Phi) is 2.60. The van der Waals surface area contributed by atoms with Gasteiger partial charge in [-0.1, -0.05) is 5.16 Å². The van der Waals surface area contributed by atoms with Gasteiger partial charge in [0.05, 0.1) is 5.56 Å². The van der Waals surface area contributed by atoms with Gasteiger partial charge in [-0.3, -0.25) is 0 Å². The minimum atomic E-state index is -1.21. The number of hydrogen-bond donors (Lipinski definition) is 1. The fourth-order valence-electron chi connectivity index (χ4n) is 2.19. The van der Waals surface area contributed by atoms with Gasteiger partial charge in [-0.25, -0.2) is 9.18 Å². The van der Waals surface area contributed by atoms with Gasteiger partial charge in [-0.2, -0.15) is 0 Å². The van der Waals surface area contributed by atoms with Crippen LogP contribution in [0.3, 0.4) is 0 Å². The Morgan fingerprint density at radius 3 is 2.75 bits per heavy atom. The molecule has 5 nitrogen and oxygen atoms in total. The molecule has 0 atom stereocenters. The predicted octanol–water partition coefficient (Wildman–Crippen LogP) is 2.98. The third-order valence-electron chi connectivity index (χ3n) is 3.37. The van der Waals surface area contributed by atoms with Crippen LogP contribution in [0.15, 0.2) is 28.8 Å². The number of carbonyl (C=O) groups is 1. The lowest BCUT2D eigenvalue weighted by Crippen LogP contribution is -1.94. The second-order valence-electron chi connectivity index (χ2n) is 4.62. The Morgan fingerprint density at radius 2 is 2.10 bits per heavy atom. The summed E-state index contributed by atoms with van der Waals surface area (Å²) < 4.78 is 20.9. The van der Waals surface area contributed by atoms with Gasteiger partial charge in [-0.15, -0.1) is 0 Å². The van der Waals surface area contributed by atoms with Crippen LogP contribution in [-0.4, -0.2) is 20.8 Å². The number of halogens is 1. The van der Waals surface area contributed by atoms with E-state index in [2.05, 4.69) is 5.16 Å². The lowest BCUT2D eigenvalue weighted by Gasteiger charge is -2.02. The Hall–Kier alpha value is -2.63. The second kappa shape index (κ2) is 4.19. The van der Waals surface area contributed by atoms with Crippen LogP contribution in [0.25, 0.3) is 22.2 Å². The molecule has 0 amide bonds. The summed E-state index contributed by atoms with van der Waals surface area (Å²) in [5.74, 6) is -1.59. The third kappa shape index (κ3) is 1.77. The molecule has 0 saturated heterocycles. The highest BCUT2D eigenvalue weighted by atomic mass is 19.1. The first-order valence-electron chi connectivity index (χ1n) is 5.93. The molecular weight excluding hydrogens is 263 g/mol. The minimum Gasteiger partial charge on any atom is -0.476 e. The topological polar surface area (TPSA) is 68.3 Å². The van der Waals surface area contributed by atoms with Crippen molar-refractivity contribution in [2.24, 2.45) is 7.05 Å².